The van der Waals surface area contributed by atoms with Crippen LogP contribution in [0.4, 0.5) is 5.69 Å². The molecule has 0 aliphatic rings. The molecule has 0 fully saturated rings. The minimum atomic E-state index is 0.0617. The molecule has 0 saturated heterocycles. The van der Waals surface area contributed by atoms with Crippen molar-refractivity contribution in [3.05, 3.63) is 72.8 Å². The Kier molecular flexibility index (Phi) is 5.24. The molecule has 4 rings (SSSR count). The molecule has 1 aromatic heterocycles. The Morgan fingerprint density at radius 3 is 1.71 bits per heavy atom. The van der Waals surface area contributed by atoms with Crippen LogP contribution in [0.5, 0.6) is 0 Å². The van der Waals surface area contributed by atoms with E-state index in [1.165, 1.54) is 27.4 Å². The molecule has 4 heteroatoms. The highest BCUT2D eigenvalue weighted by molar-refractivity contribution is 6.07. The van der Waals surface area contributed by atoms with E-state index in [2.05, 4.69) is 84.4 Å². The summed E-state index contributed by atoms with van der Waals surface area (Å²) in [6.45, 7) is 1.14. The molecule has 1 heterocycles. The second-order valence-corrected chi connectivity index (χ2v) is 6.95. The van der Waals surface area contributed by atoms with Gasteiger partial charge in [0.15, 0.2) is 0 Å². The van der Waals surface area contributed by atoms with E-state index < -0.39 is 0 Å². The highest BCUT2D eigenvalue weighted by atomic mass is 16.3. The molecule has 0 unspecified atom stereocenters. The smallest absolute Gasteiger partial charge is 0.213 e. The molecule has 0 amide bonds. The van der Waals surface area contributed by atoms with E-state index in [0.717, 1.165) is 11.3 Å². The molecule has 0 aliphatic heterocycles. The Bertz CT molecular complexity index is 1040. The van der Waals surface area contributed by atoms with Crippen LogP contribution in [0.1, 0.15) is 0 Å². The summed E-state index contributed by atoms with van der Waals surface area (Å²) in [4.78, 5) is 1.99. The summed E-state index contributed by atoms with van der Waals surface area (Å²) in [7, 11) is 2.11. The molecule has 0 bridgehead atoms. The van der Waals surface area contributed by atoms with Gasteiger partial charge in [-0.15, -0.1) is 0 Å². The van der Waals surface area contributed by atoms with Crippen molar-refractivity contribution in [2.45, 2.75) is 0 Å². The van der Waals surface area contributed by atoms with Crippen molar-refractivity contribution < 1.29 is 14.8 Å². The Morgan fingerprint density at radius 2 is 1.21 bits per heavy atom. The van der Waals surface area contributed by atoms with Gasteiger partial charge >= 0.3 is 0 Å². The van der Waals surface area contributed by atoms with Crippen LogP contribution in [0.2, 0.25) is 0 Å². The van der Waals surface area contributed by atoms with Crippen LogP contribution in [0.3, 0.4) is 0 Å². The first-order valence-corrected chi connectivity index (χ1v) is 9.61. The fourth-order valence-electron chi connectivity index (χ4n) is 3.99. The molecule has 4 nitrogen and oxygen atoms in total. The Labute approximate surface area is 164 Å². The zero-order valence-corrected chi connectivity index (χ0v) is 16.0. The summed E-state index contributed by atoms with van der Waals surface area (Å²) >= 11 is 0. The summed E-state index contributed by atoms with van der Waals surface area (Å²) in [5.74, 6) is 0. The highest BCUT2D eigenvalue weighted by Crippen LogP contribution is 2.34. The van der Waals surface area contributed by atoms with Gasteiger partial charge < -0.3 is 15.1 Å². The number of aromatic nitrogens is 1. The average Bonchev–Trinajstić information content (AvgIpc) is 2.74. The molecule has 142 valence electrons. The molecule has 0 saturated carbocycles. The maximum absolute atomic E-state index is 9.29. The van der Waals surface area contributed by atoms with Gasteiger partial charge in [-0.05, 0) is 29.8 Å². The second kappa shape index (κ2) is 7.97. The van der Waals surface area contributed by atoms with Crippen molar-refractivity contribution in [3.63, 3.8) is 0 Å². The number of hydrogen-bond acceptors (Lipinski definition) is 3. The van der Waals surface area contributed by atoms with Crippen LogP contribution >= 0.6 is 0 Å². The number of nitrogens with zero attached hydrogens (tertiary/aromatic N) is 2. The SMILES string of the molecule is C[n+]1c2ccccc2c(-c2ccc(N(CCO)CCO)cc2)c2ccccc21. The van der Waals surface area contributed by atoms with Crippen LogP contribution in [0.25, 0.3) is 32.9 Å². The quantitative estimate of drug-likeness (QED) is 0.403. The molecule has 0 radical (unpaired) electrons. The summed E-state index contributed by atoms with van der Waals surface area (Å²) in [6.07, 6.45) is 0. The molecule has 4 aromatic rings. The fourth-order valence-corrected chi connectivity index (χ4v) is 3.99. The minimum Gasteiger partial charge on any atom is -0.395 e. The topological polar surface area (TPSA) is 47.6 Å². The third kappa shape index (κ3) is 3.21. The first kappa shape index (κ1) is 18.4. The Morgan fingerprint density at radius 1 is 0.714 bits per heavy atom. The standard InChI is InChI=1S/C24H25N2O2/c1-25-22-8-4-2-6-20(22)24(21-7-3-5-9-23(21)25)18-10-12-19(13-11-18)26(14-16-27)15-17-28/h2-13,27-28H,14-17H2,1H3/q+1. The van der Waals surface area contributed by atoms with Crippen LogP contribution in [0.15, 0.2) is 72.8 Å². The van der Waals surface area contributed by atoms with E-state index in [0.29, 0.717) is 13.1 Å². The van der Waals surface area contributed by atoms with Crippen molar-refractivity contribution >= 4 is 27.5 Å². The minimum absolute atomic E-state index is 0.0617. The molecule has 0 aliphatic carbocycles. The van der Waals surface area contributed by atoms with Crippen LogP contribution in [0, 0.1) is 0 Å². The van der Waals surface area contributed by atoms with Crippen molar-refractivity contribution in [1.29, 1.82) is 0 Å². The zero-order chi connectivity index (χ0) is 19.5. The number of aryl methyl sites for hydroxylation is 1. The van der Waals surface area contributed by atoms with E-state index in [1.807, 2.05) is 4.90 Å². The molecule has 28 heavy (non-hydrogen) atoms. The summed E-state index contributed by atoms with van der Waals surface area (Å²) in [5.41, 5.74) is 5.78. The zero-order valence-electron chi connectivity index (χ0n) is 16.0. The summed E-state index contributed by atoms with van der Waals surface area (Å²) < 4.78 is 2.24. The average molecular weight is 373 g/mol. The van der Waals surface area contributed by atoms with Crippen molar-refractivity contribution in [3.8, 4) is 11.1 Å². The number of rotatable bonds is 6. The molecular weight excluding hydrogens is 348 g/mol. The largest absolute Gasteiger partial charge is 0.395 e. The molecular formula is C24H25N2O2+. The lowest BCUT2D eigenvalue weighted by molar-refractivity contribution is -0.617. The lowest BCUT2D eigenvalue weighted by atomic mass is 9.95. The van der Waals surface area contributed by atoms with Crippen molar-refractivity contribution in [2.24, 2.45) is 7.05 Å². The van der Waals surface area contributed by atoms with Gasteiger partial charge in [-0.3, -0.25) is 0 Å². The monoisotopic (exact) mass is 373 g/mol. The number of fused-ring (bicyclic) bond motifs is 2. The number of aliphatic hydroxyl groups excluding tert-OH is 2. The predicted molar refractivity (Wildman–Crippen MR) is 114 cm³/mol. The van der Waals surface area contributed by atoms with Crippen molar-refractivity contribution in [1.82, 2.24) is 0 Å². The van der Waals surface area contributed by atoms with Gasteiger partial charge in [0.05, 0.1) is 24.0 Å². The van der Waals surface area contributed by atoms with Gasteiger partial charge in [0.25, 0.3) is 0 Å². The Balaban J connectivity index is 1.90. The molecule has 0 atom stereocenters. The van der Waals surface area contributed by atoms with E-state index >= 15 is 0 Å². The lowest BCUT2D eigenvalue weighted by Crippen LogP contribution is -2.30. The number of para-hydroxylation sites is 2. The highest BCUT2D eigenvalue weighted by Gasteiger charge is 2.18. The van der Waals surface area contributed by atoms with Gasteiger partial charge in [0.2, 0.25) is 11.0 Å². The number of aliphatic hydroxyl groups is 2. The molecule has 3 aromatic carbocycles. The predicted octanol–water partition coefficient (Wildman–Crippen LogP) is 3.28. The van der Waals surface area contributed by atoms with E-state index in [4.69, 9.17) is 0 Å². The molecule has 0 spiro atoms. The van der Waals surface area contributed by atoms with Gasteiger partial charge in [-0.2, -0.15) is 4.57 Å². The maximum atomic E-state index is 9.29. The second-order valence-electron chi connectivity index (χ2n) is 6.95. The van der Waals surface area contributed by atoms with Gasteiger partial charge in [0, 0.05) is 36.5 Å². The van der Waals surface area contributed by atoms with E-state index in [9.17, 15) is 10.2 Å². The fraction of sp³-hybridized carbons (Fsp3) is 0.208. The summed E-state index contributed by atoms with van der Waals surface area (Å²) in [6, 6.07) is 25.4. The number of benzene rings is 3. The van der Waals surface area contributed by atoms with Crippen molar-refractivity contribution in [2.75, 3.05) is 31.2 Å². The number of anilines is 1. The van der Waals surface area contributed by atoms with Crippen LogP contribution in [-0.2, 0) is 7.05 Å². The normalized spacial score (nSPS) is 11.2. The first-order valence-electron chi connectivity index (χ1n) is 9.61. The molecule has 2 N–H and O–H groups in total. The van der Waals surface area contributed by atoms with E-state index in [-0.39, 0.29) is 13.2 Å². The third-order valence-electron chi connectivity index (χ3n) is 5.33. The third-order valence-corrected chi connectivity index (χ3v) is 5.33. The maximum Gasteiger partial charge on any atom is 0.213 e. The van der Waals surface area contributed by atoms with Crippen LogP contribution < -0.4 is 9.47 Å². The van der Waals surface area contributed by atoms with Gasteiger partial charge in [0.1, 0.15) is 7.05 Å². The lowest BCUT2D eigenvalue weighted by Gasteiger charge is -2.23. The number of pyridine rings is 1. The van der Waals surface area contributed by atoms with Gasteiger partial charge in [-0.25, -0.2) is 0 Å². The number of hydrogen-bond donors (Lipinski definition) is 2. The van der Waals surface area contributed by atoms with E-state index in [1.54, 1.807) is 0 Å². The first-order chi connectivity index (χ1) is 13.7. The van der Waals surface area contributed by atoms with Gasteiger partial charge in [-0.1, -0.05) is 36.4 Å². The Hall–Kier alpha value is -2.95. The summed E-state index contributed by atoms with van der Waals surface area (Å²) in [5, 5.41) is 21.0. The van der Waals surface area contributed by atoms with Crippen LogP contribution in [-0.4, -0.2) is 36.5 Å².